The lowest BCUT2D eigenvalue weighted by Crippen LogP contribution is -2.10. The summed E-state index contributed by atoms with van der Waals surface area (Å²) in [6.07, 6.45) is 1.19. The zero-order valence-electron chi connectivity index (χ0n) is 6.98. The molecule has 0 spiro atoms. The Bertz CT molecular complexity index is 363. The van der Waals surface area contributed by atoms with Crippen LogP contribution in [0, 0.1) is 11.6 Å². The average molecular weight is 184 g/mol. The highest BCUT2D eigenvalue weighted by Gasteiger charge is 2.26. The lowest BCUT2D eigenvalue weighted by molar-refractivity contribution is 0.576. The van der Waals surface area contributed by atoms with Crippen LogP contribution in [0.5, 0.6) is 0 Å². The number of nitrogen functional groups attached to an aromatic ring is 1. The summed E-state index contributed by atoms with van der Waals surface area (Å²) in [5, 5.41) is 0. The number of nitrogens with two attached hydrogens (primary N) is 2. The van der Waals surface area contributed by atoms with Gasteiger partial charge < -0.3 is 11.5 Å². The molecule has 1 atom stereocenters. The van der Waals surface area contributed by atoms with E-state index < -0.39 is 11.6 Å². The number of hydrogen-bond donors (Lipinski definition) is 2. The largest absolute Gasteiger partial charge is 0.396 e. The Kier molecular flexibility index (Phi) is 1.73. The van der Waals surface area contributed by atoms with E-state index in [0.717, 1.165) is 6.07 Å². The number of hydrogen-bond acceptors (Lipinski definition) is 2. The standard InChI is InChI=1S/C9H10F2N2/c10-5-3-6(11)9(13)8-4(5)1-2-7(8)12/h3,7H,1-2,12-13H2/t7-/m1/s1. The second kappa shape index (κ2) is 2.67. The van der Waals surface area contributed by atoms with Crippen molar-refractivity contribution in [3.8, 4) is 0 Å². The molecule has 0 saturated heterocycles. The van der Waals surface area contributed by atoms with Gasteiger partial charge in [-0.05, 0) is 18.4 Å². The van der Waals surface area contributed by atoms with Crippen molar-refractivity contribution >= 4 is 5.69 Å². The van der Waals surface area contributed by atoms with E-state index in [1.807, 2.05) is 0 Å². The van der Waals surface area contributed by atoms with E-state index in [4.69, 9.17) is 11.5 Å². The van der Waals surface area contributed by atoms with Gasteiger partial charge in [0, 0.05) is 17.7 Å². The smallest absolute Gasteiger partial charge is 0.149 e. The van der Waals surface area contributed by atoms with Crippen LogP contribution in [0.3, 0.4) is 0 Å². The molecule has 70 valence electrons. The maximum absolute atomic E-state index is 13.2. The zero-order chi connectivity index (χ0) is 9.59. The topological polar surface area (TPSA) is 52.0 Å². The summed E-state index contributed by atoms with van der Waals surface area (Å²) in [4.78, 5) is 0. The second-order valence-corrected chi connectivity index (χ2v) is 3.29. The molecule has 0 aromatic heterocycles. The summed E-state index contributed by atoms with van der Waals surface area (Å²) < 4.78 is 26.1. The number of fused-ring (bicyclic) bond motifs is 1. The number of anilines is 1. The Hall–Kier alpha value is -1.16. The van der Waals surface area contributed by atoms with Crippen molar-refractivity contribution in [2.24, 2.45) is 5.73 Å². The SMILES string of the molecule is Nc1c(F)cc(F)c2c1[C@H](N)CC2. The molecule has 0 unspecified atom stereocenters. The Morgan fingerprint density at radius 2 is 2.00 bits per heavy atom. The van der Waals surface area contributed by atoms with Gasteiger partial charge in [-0.3, -0.25) is 0 Å². The third-order valence-electron chi connectivity index (χ3n) is 2.49. The molecule has 0 radical (unpaired) electrons. The Balaban J connectivity index is 2.70. The van der Waals surface area contributed by atoms with Gasteiger partial charge >= 0.3 is 0 Å². The fourth-order valence-electron chi connectivity index (χ4n) is 1.82. The van der Waals surface area contributed by atoms with Gasteiger partial charge in [-0.25, -0.2) is 8.78 Å². The molecule has 0 bridgehead atoms. The van der Waals surface area contributed by atoms with E-state index in [2.05, 4.69) is 0 Å². The van der Waals surface area contributed by atoms with Gasteiger partial charge in [-0.1, -0.05) is 0 Å². The Morgan fingerprint density at radius 1 is 1.31 bits per heavy atom. The molecular formula is C9H10F2N2. The fourth-order valence-corrected chi connectivity index (χ4v) is 1.82. The molecule has 0 amide bonds. The molecule has 2 nitrogen and oxygen atoms in total. The normalized spacial score (nSPS) is 20.4. The van der Waals surface area contributed by atoms with E-state index in [1.165, 1.54) is 0 Å². The van der Waals surface area contributed by atoms with E-state index in [-0.39, 0.29) is 11.7 Å². The van der Waals surface area contributed by atoms with Crippen LogP contribution in [-0.4, -0.2) is 0 Å². The molecule has 0 fully saturated rings. The van der Waals surface area contributed by atoms with Crippen LogP contribution in [0.4, 0.5) is 14.5 Å². The summed E-state index contributed by atoms with van der Waals surface area (Å²) in [6, 6.07) is 0.506. The lowest BCUT2D eigenvalue weighted by Gasteiger charge is -2.09. The van der Waals surface area contributed by atoms with Crippen LogP contribution in [0.1, 0.15) is 23.6 Å². The highest BCUT2D eigenvalue weighted by molar-refractivity contribution is 5.56. The van der Waals surface area contributed by atoms with Crippen molar-refractivity contribution in [3.05, 3.63) is 28.8 Å². The van der Waals surface area contributed by atoms with Crippen molar-refractivity contribution in [1.82, 2.24) is 0 Å². The number of halogens is 2. The quantitative estimate of drug-likeness (QED) is 0.600. The predicted molar refractivity (Wildman–Crippen MR) is 46.0 cm³/mol. The Labute approximate surface area is 74.5 Å². The molecule has 2 rings (SSSR count). The van der Waals surface area contributed by atoms with Gasteiger partial charge in [-0.15, -0.1) is 0 Å². The van der Waals surface area contributed by atoms with Crippen LogP contribution in [0.2, 0.25) is 0 Å². The fraction of sp³-hybridized carbons (Fsp3) is 0.333. The van der Waals surface area contributed by atoms with Crippen LogP contribution in [0.25, 0.3) is 0 Å². The molecule has 1 aliphatic carbocycles. The van der Waals surface area contributed by atoms with Crippen molar-refractivity contribution in [1.29, 1.82) is 0 Å². The lowest BCUT2D eigenvalue weighted by atomic mass is 10.1. The van der Waals surface area contributed by atoms with Crippen LogP contribution in [0.15, 0.2) is 6.07 Å². The molecule has 1 aromatic carbocycles. The van der Waals surface area contributed by atoms with E-state index in [1.54, 1.807) is 0 Å². The first kappa shape index (κ1) is 8.44. The van der Waals surface area contributed by atoms with E-state index >= 15 is 0 Å². The second-order valence-electron chi connectivity index (χ2n) is 3.29. The first-order valence-corrected chi connectivity index (χ1v) is 4.13. The first-order valence-electron chi connectivity index (χ1n) is 4.13. The molecule has 1 aliphatic rings. The summed E-state index contributed by atoms with van der Waals surface area (Å²) in [6.45, 7) is 0. The average Bonchev–Trinajstić information content (AvgIpc) is 2.44. The molecular weight excluding hydrogens is 174 g/mol. The molecule has 0 aliphatic heterocycles. The number of benzene rings is 1. The monoisotopic (exact) mass is 184 g/mol. The van der Waals surface area contributed by atoms with Crippen LogP contribution >= 0.6 is 0 Å². The summed E-state index contributed by atoms with van der Waals surface area (Å²) in [7, 11) is 0. The van der Waals surface area contributed by atoms with E-state index in [9.17, 15) is 8.78 Å². The van der Waals surface area contributed by atoms with Gasteiger partial charge in [0.1, 0.15) is 11.6 Å². The van der Waals surface area contributed by atoms with Crippen LogP contribution < -0.4 is 11.5 Å². The molecule has 0 heterocycles. The maximum Gasteiger partial charge on any atom is 0.149 e. The molecule has 4 N–H and O–H groups in total. The summed E-state index contributed by atoms with van der Waals surface area (Å²) >= 11 is 0. The predicted octanol–water partition coefficient (Wildman–Crippen LogP) is 1.49. The van der Waals surface area contributed by atoms with Gasteiger partial charge in [0.25, 0.3) is 0 Å². The van der Waals surface area contributed by atoms with Crippen molar-refractivity contribution in [2.45, 2.75) is 18.9 Å². The minimum atomic E-state index is -0.714. The summed E-state index contributed by atoms with van der Waals surface area (Å²) in [5.41, 5.74) is 12.1. The zero-order valence-corrected chi connectivity index (χ0v) is 6.98. The maximum atomic E-state index is 13.2. The van der Waals surface area contributed by atoms with Crippen molar-refractivity contribution in [2.75, 3.05) is 5.73 Å². The highest BCUT2D eigenvalue weighted by Crippen LogP contribution is 2.36. The molecule has 1 aromatic rings. The van der Waals surface area contributed by atoms with Gasteiger partial charge in [0.2, 0.25) is 0 Å². The highest BCUT2D eigenvalue weighted by atomic mass is 19.1. The van der Waals surface area contributed by atoms with E-state index in [0.29, 0.717) is 24.0 Å². The molecule has 13 heavy (non-hydrogen) atoms. The summed E-state index contributed by atoms with van der Waals surface area (Å²) in [5.74, 6) is -1.25. The first-order chi connectivity index (χ1) is 6.11. The minimum absolute atomic E-state index is 0.00130. The minimum Gasteiger partial charge on any atom is -0.396 e. The van der Waals surface area contributed by atoms with Crippen molar-refractivity contribution in [3.63, 3.8) is 0 Å². The molecule has 4 heteroatoms. The van der Waals surface area contributed by atoms with Gasteiger partial charge in [0.05, 0.1) is 5.69 Å². The number of rotatable bonds is 0. The van der Waals surface area contributed by atoms with Gasteiger partial charge in [-0.2, -0.15) is 0 Å². The molecule has 0 saturated carbocycles. The van der Waals surface area contributed by atoms with Crippen molar-refractivity contribution < 1.29 is 8.78 Å². The van der Waals surface area contributed by atoms with Gasteiger partial charge in [0.15, 0.2) is 0 Å². The van der Waals surface area contributed by atoms with Crippen LogP contribution in [-0.2, 0) is 6.42 Å². The third-order valence-corrected chi connectivity index (χ3v) is 2.49. The third kappa shape index (κ3) is 1.09. The Morgan fingerprint density at radius 3 is 2.69 bits per heavy atom.